The lowest BCUT2D eigenvalue weighted by molar-refractivity contribution is 0.202. The fourth-order valence-corrected chi connectivity index (χ4v) is 5.45. The van der Waals surface area contributed by atoms with Crippen LogP contribution in [-0.2, 0) is 6.54 Å². The van der Waals surface area contributed by atoms with Gasteiger partial charge in [-0.25, -0.2) is 14.5 Å². The molecule has 2 aromatic carbocycles. The smallest absolute Gasteiger partial charge is 0.252 e. The summed E-state index contributed by atoms with van der Waals surface area (Å²) in [6, 6.07) is 23.0. The summed E-state index contributed by atoms with van der Waals surface area (Å²) in [6.45, 7) is 4.87. The van der Waals surface area contributed by atoms with Crippen LogP contribution in [0.5, 0.6) is 0 Å². The van der Waals surface area contributed by atoms with E-state index in [1.165, 1.54) is 5.56 Å². The summed E-state index contributed by atoms with van der Waals surface area (Å²) in [7, 11) is 0. The Balaban J connectivity index is 1.05. The zero-order valence-corrected chi connectivity index (χ0v) is 22.3. The Kier molecular flexibility index (Phi) is 6.33. The number of pyridine rings is 1. The monoisotopic (exact) mass is 527 g/mol. The first kappa shape index (κ1) is 24.3. The molecule has 1 N–H and O–H groups in total. The number of nitrogens with zero attached hydrogens (tertiary/aromatic N) is 8. The number of aryl methyl sites for hydroxylation is 1. The van der Waals surface area contributed by atoms with Crippen LogP contribution in [0.4, 0.5) is 0 Å². The number of H-pyrrole nitrogens is 1. The molecule has 0 unspecified atom stereocenters. The van der Waals surface area contributed by atoms with Gasteiger partial charge in [-0.3, -0.25) is 15.0 Å². The van der Waals surface area contributed by atoms with E-state index in [-0.39, 0.29) is 0 Å². The Hall–Kier alpha value is -4.76. The van der Waals surface area contributed by atoms with Crippen LogP contribution in [-0.4, -0.2) is 57.7 Å². The highest BCUT2D eigenvalue weighted by molar-refractivity contribution is 5.81. The summed E-state index contributed by atoms with van der Waals surface area (Å²) in [5.74, 6) is 3.44. The second-order valence-electron chi connectivity index (χ2n) is 10.3. The number of nitrogens with one attached hydrogen (secondary N) is 1. The van der Waals surface area contributed by atoms with E-state index in [4.69, 9.17) is 9.97 Å². The van der Waals surface area contributed by atoms with Crippen LogP contribution in [0.2, 0.25) is 0 Å². The van der Waals surface area contributed by atoms with E-state index < -0.39 is 0 Å². The van der Waals surface area contributed by atoms with Gasteiger partial charge in [0.05, 0.1) is 5.69 Å². The molecule has 1 aliphatic rings. The van der Waals surface area contributed by atoms with Crippen LogP contribution < -0.4 is 0 Å². The van der Waals surface area contributed by atoms with Gasteiger partial charge in [0.2, 0.25) is 0 Å². The lowest BCUT2D eigenvalue weighted by atomic mass is 9.95. The quantitative estimate of drug-likeness (QED) is 0.313. The number of likely N-dealkylation sites (tertiary alicyclic amines) is 1. The molecule has 9 nitrogen and oxygen atoms in total. The molecule has 0 aliphatic carbocycles. The minimum atomic E-state index is 0.403. The molecule has 7 rings (SSSR count). The van der Waals surface area contributed by atoms with Crippen molar-refractivity contribution in [1.29, 1.82) is 0 Å². The minimum absolute atomic E-state index is 0.403. The van der Waals surface area contributed by atoms with E-state index in [9.17, 15) is 0 Å². The summed E-state index contributed by atoms with van der Waals surface area (Å²) in [6.07, 6.45) is 7.69. The number of fused-ring (bicyclic) bond motifs is 1. The zero-order chi connectivity index (χ0) is 26.9. The van der Waals surface area contributed by atoms with Crippen molar-refractivity contribution >= 4 is 5.78 Å². The largest absolute Gasteiger partial charge is 0.299 e. The molecule has 1 aliphatic heterocycles. The van der Waals surface area contributed by atoms with E-state index in [1.807, 2.05) is 43.5 Å². The summed E-state index contributed by atoms with van der Waals surface area (Å²) in [4.78, 5) is 20.8. The van der Waals surface area contributed by atoms with Crippen LogP contribution in [0.25, 0.3) is 39.5 Å². The molecule has 1 saturated heterocycles. The Labute approximate surface area is 232 Å². The molecule has 0 bridgehead atoms. The van der Waals surface area contributed by atoms with Gasteiger partial charge >= 0.3 is 0 Å². The van der Waals surface area contributed by atoms with Gasteiger partial charge in [0.15, 0.2) is 5.82 Å². The molecule has 4 aromatic heterocycles. The van der Waals surface area contributed by atoms with Crippen molar-refractivity contribution < 1.29 is 0 Å². The number of benzene rings is 2. The highest BCUT2D eigenvalue weighted by Gasteiger charge is 2.24. The number of hydrogen-bond donors (Lipinski definition) is 1. The highest BCUT2D eigenvalue weighted by Crippen LogP contribution is 2.32. The van der Waals surface area contributed by atoms with Gasteiger partial charge in [0, 0.05) is 47.7 Å². The van der Waals surface area contributed by atoms with Crippen molar-refractivity contribution in [3.05, 3.63) is 103 Å². The number of aromatic nitrogens is 8. The zero-order valence-electron chi connectivity index (χ0n) is 22.3. The molecule has 0 saturated carbocycles. The molecule has 5 heterocycles. The molecule has 0 radical (unpaired) electrons. The van der Waals surface area contributed by atoms with E-state index in [0.717, 1.165) is 72.1 Å². The summed E-state index contributed by atoms with van der Waals surface area (Å²) >= 11 is 0. The molecular formula is C31H29N9. The molecule has 6 aromatic rings. The standard InChI is InChI=1S/C31H29N9/c1-21-33-31-34-28(27(20-40(31)38-21)23-5-3-2-4-6-23)24-9-7-22(8-10-24)19-39-17-13-26(14-18-39)30-35-29(36-37-30)25-11-15-32-16-12-25/h2-12,15-16,20,26H,13-14,17-19H2,1H3,(H,35,36,37). The van der Waals surface area contributed by atoms with Gasteiger partial charge in [0.25, 0.3) is 5.78 Å². The van der Waals surface area contributed by atoms with E-state index in [0.29, 0.717) is 17.5 Å². The van der Waals surface area contributed by atoms with E-state index in [1.54, 1.807) is 16.9 Å². The SMILES string of the molecule is Cc1nc2nc(-c3ccc(CN4CCC(c5nc(-c6ccncc6)n[nH]5)CC4)cc3)c(-c3ccccc3)cn2n1. The Morgan fingerprint density at radius 3 is 2.38 bits per heavy atom. The van der Waals surface area contributed by atoms with Crippen LogP contribution in [0.1, 0.15) is 36.0 Å². The van der Waals surface area contributed by atoms with Crippen molar-refractivity contribution in [3.8, 4) is 33.8 Å². The van der Waals surface area contributed by atoms with Crippen molar-refractivity contribution in [1.82, 2.24) is 44.6 Å². The average Bonchev–Trinajstić information content (AvgIpc) is 3.64. The van der Waals surface area contributed by atoms with E-state index in [2.05, 4.69) is 66.6 Å². The van der Waals surface area contributed by atoms with Crippen LogP contribution in [0.15, 0.2) is 85.3 Å². The summed E-state index contributed by atoms with van der Waals surface area (Å²) in [5, 5.41) is 12.1. The number of hydrogen-bond acceptors (Lipinski definition) is 7. The molecule has 0 atom stereocenters. The fraction of sp³-hybridized carbons (Fsp3) is 0.226. The molecule has 40 heavy (non-hydrogen) atoms. The molecule has 0 spiro atoms. The van der Waals surface area contributed by atoms with Gasteiger partial charge in [0.1, 0.15) is 11.6 Å². The van der Waals surface area contributed by atoms with Gasteiger partial charge in [-0.05, 0) is 56.1 Å². The maximum absolute atomic E-state index is 4.91. The van der Waals surface area contributed by atoms with Crippen molar-refractivity contribution in [2.24, 2.45) is 0 Å². The first-order valence-corrected chi connectivity index (χ1v) is 13.6. The Morgan fingerprint density at radius 2 is 1.60 bits per heavy atom. The van der Waals surface area contributed by atoms with Gasteiger partial charge < -0.3 is 0 Å². The topological polar surface area (TPSA) is 101 Å². The lowest BCUT2D eigenvalue weighted by Gasteiger charge is -2.31. The molecular weight excluding hydrogens is 498 g/mol. The molecule has 198 valence electrons. The number of rotatable bonds is 6. The normalized spacial score (nSPS) is 14.6. The van der Waals surface area contributed by atoms with E-state index >= 15 is 0 Å². The van der Waals surface area contributed by atoms with Crippen molar-refractivity contribution in [3.63, 3.8) is 0 Å². The van der Waals surface area contributed by atoms with Gasteiger partial charge in [-0.15, -0.1) is 0 Å². The van der Waals surface area contributed by atoms with Crippen LogP contribution >= 0.6 is 0 Å². The predicted molar refractivity (Wildman–Crippen MR) is 153 cm³/mol. The Morgan fingerprint density at radius 1 is 0.825 bits per heavy atom. The third kappa shape index (κ3) is 4.87. The number of aromatic amines is 1. The fourth-order valence-electron chi connectivity index (χ4n) is 5.45. The number of piperidine rings is 1. The molecule has 0 amide bonds. The second-order valence-corrected chi connectivity index (χ2v) is 10.3. The lowest BCUT2D eigenvalue weighted by Crippen LogP contribution is -2.32. The third-order valence-corrected chi connectivity index (χ3v) is 7.57. The van der Waals surface area contributed by atoms with Crippen LogP contribution in [0, 0.1) is 6.92 Å². The maximum atomic E-state index is 4.91. The Bertz CT molecular complexity index is 1730. The van der Waals surface area contributed by atoms with Gasteiger partial charge in [-0.1, -0.05) is 54.6 Å². The molecule has 9 heteroatoms. The highest BCUT2D eigenvalue weighted by atomic mass is 15.3. The third-order valence-electron chi connectivity index (χ3n) is 7.57. The maximum Gasteiger partial charge on any atom is 0.252 e. The second kappa shape index (κ2) is 10.4. The molecule has 1 fully saturated rings. The summed E-state index contributed by atoms with van der Waals surface area (Å²) in [5.41, 5.74) is 6.40. The first-order valence-electron chi connectivity index (χ1n) is 13.6. The van der Waals surface area contributed by atoms with Crippen molar-refractivity contribution in [2.45, 2.75) is 32.2 Å². The van der Waals surface area contributed by atoms with Crippen molar-refractivity contribution in [2.75, 3.05) is 13.1 Å². The first-order chi connectivity index (χ1) is 19.7. The average molecular weight is 528 g/mol. The van der Waals surface area contributed by atoms with Crippen LogP contribution in [0.3, 0.4) is 0 Å². The predicted octanol–water partition coefficient (Wildman–Crippen LogP) is 5.33. The summed E-state index contributed by atoms with van der Waals surface area (Å²) < 4.78 is 1.76. The van der Waals surface area contributed by atoms with Gasteiger partial charge in [-0.2, -0.15) is 15.2 Å². The minimum Gasteiger partial charge on any atom is -0.299 e.